The maximum Gasteiger partial charge on any atom is 0.0456 e. The highest BCUT2D eigenvalue weighted by Gasteiger charge is 2.02. The van der Waals surface area contributed by atoms with E-state index in [0.29, 0.717) is 0 Å². The zero-order valence-electron chi connectivity index (χ0n) is 9.56. The van der Waals surface area contributed by atoms with E-state index in [1.807, 2.05) is 6.07 Å². The van der Waals surface area contributed by atoms with Crippen LogP contribution in [0.25, 0.3) is 10.9 Å². The van der Waals surface area contributed by atoms with E-state index in [0.717, 1.165) is 6.42 Å². The second-order valence-corrected chi connectivity index (χ2v) is 4.18. The fourth-order valence-electron chi connectivity index (χ4n) is 2.12. The van der Waals surface area contributed by atoms with Gasteiger partial charge in [0.05, 0.1) is 0 Å². The third kappa shape index (κ3) is 2.09. The van der Waals surface area contributed by atoms with Crippen molar-refractivity contribution < 1.29 is 0 Å². The molecule has 0 saturated heterocycles. The molecule has 3 rings (SSSR count). The Morgan fingerprint density at radius 2 is 1.65 bits per heavy atom. The SMILES string of the molecule is [CH](Cc1c[nH]c2ccccc12)c1ccccc1. The van der Waals surface area contributed by atoms with Gasteiger partial charge < -0.3 is 4.98 Å². The molecule has 1 radical (unpaired) electrons. The number of aromatic amines is 1. The van der Waals surface area contributed by atoms with E-state index in [2.05, 4.69) is 66.1 Å². The number of rotatable bonds is 3. The summed E-state index contributed by atoms with van der Waals surface area (Å²) >= 11 is 0. The normalized spacial score (nSPS) is 10.8. The minimum absolute atomic E-state index is 0.966. The van der Waals surface area contributed by atoms with Gasteiger partial charge >= 0.3 is 0 Å². The third-order valence-corrected chi connectivity index (χ3v) is 3.03. The van der Waals surface area contributed by atoms with Crippen LogP contribution in [0.1, 0.15) is 11.1 Å². The van der Waals surface area contributed by atoms with Gasteiger partial charge in [-0.15, -0.1) is 0 Å². The molecule has 0 amide bonds. The summed E-state index contributed by atoms with van der Waals surface area (Å²) in [5.74, 6) is 0. The molecule has 2 aromatic carbocycles. The summed E-state index contributed by atoms with van der Waals surface area (Å²) < 4.78 is 0. The van der Waals surface area contributed by atoms with Crippen molar-refractivity contribution in [3.63, 3.8) is 0 Å². The Kier molecular flexibility index (Phi) is 2.66. The Morgan fingerprint density at radius 3 is 2.53 bits per heavy atom. The molecule has 0 aliphatic carbocycles. The molecular weight excluding hydrogens is 206 g/mol. The van der Waals surface area contributed by atoms with Crippen LogP contribution in [0.15, 0.2) is 60.8 Å². The Hall–Kier alpha value is -2.02. The quantitative estimate of drug-likeness (QED) is 0.687. The zero-order valence-corrected chi connectivity index (χ0v) is 9.56. The van der Waals surface area contributed by atoms with Gasteiger partial charge in [0.25, 0.3) is 0 Å². The Bertz CT molecular complexity index is 608. The highest BCUT2D eigenvalue weighted by molar-refractivity contribution is 5.83. The first-order valence-corrected chi connectivity index (χ1v) is 5.87. The maximum atomic E-state index is 3.30. The monoisotopic (exact) mass is 220 g/mol. The van der Waals surface area contributed by atoms with Crippen molar-refractivity contribution in [1.82, 2.24) is 4.98 Å². The van der Waals surface area contributed by atoms with Gasteiger partial charge in [-0.3, -0.25) is 0 Å². The van der Waals surface area contributed by atoms with Crippen molar-refractivity contribution in [1.29, 1.82) is 0 Å². The highest BCUT2D eigenvalue weighted by Crippen LogP contribution is 2.19. The van der Waals surface area contributed by atoms with Crippen LogP contribution in [-0.2, 0) is 6.42 Å². The second-order valence-electron chi connectivity index (χ2n) is 4.18. The molecule has 1 aromatic heterocycles. The molecule has 0 saturated carbocycles. The van der Waals surface area contributed by atoms with E-state index in [-0.39, 0.29) is 0 Å². The zero-order chi connectivity index (χ0) is 11.5. The van der Waals surface area contributed by atoms with E-state index in [4.69, 9.17) is 0 Å². The number of nitrogens with one attached hydrogen (secondary N) is 1. The van der Waals surface area contributed by atoms with E-state index in [1.54, 1.807) is 0 Å². The number of H-pyrrole nitrogens is 1. The number of hydrogen-bond acceptors (Lipinski definition) is 0. The third-order valence-electron chi connectivity index (χ3n) is 3.03. The molecule has 1 heteroatoms. The van der Waals surface area contributed by atoms with Gasteiger partial charge in [-0.05, 0) is 30.0 Å². The van der Waals surface area contributed by atoms with Gasteiger partial charge in [0, 0.05) is 17.1 Å². The summed E-state index contributed by atoms with van der Waals surface area (Å²) in [5.41, 5.74) is 3.84. The number of fused-ring (bicyclic) bond motifs is 1. The molecule has 0 aliphatic rings. The molecule has 83 valence electrons. The van der Waals surface area contributed by atoms with Crippen molar-refractivity contribution in [3.8, 4) is 0 Å². The molecule has 0 aliphatic heterocycles. The van der Waals surface area contributed by atoms with Crippen LogP contribution in [0.5, 0.6) is 0 Å². The Balaban J connectivity index is 1.82. The predicted octanol–water partition coefficient (Wildman–Crippen LogP) is 3.96. The molecule has 0 unspecified atom stereocenters. The lowest BCUT2D eigenvalue weighted by Crippen LogP contribution is -1.86. The van der Waals surface area contributed by atoms with Crippen molar-refractivity contribution in [2.45, 2.75) is 6.42 Å². The minimum Gasteiger partial charge on any atom is -0.361 e. The maximum absolute atomic E-state index is 3.30. The molecule has 0 fully saturated rings. The summed E-state index contributed by atoms with van der Waals surface area (Å²) in [6.45, 7) is 0. The first kappa shape index (κ1) is 10.2. The van der Waals surface area contributed by atoms with Crippen molar-refractivity contribution in [2.75, 3.05) is 0 Å². The van der Waals surface area contributed by atoms with Crippen LogP contribution in [0.2, 0.25) is 0 Å². The van der Waals surface area contributed by atoms with Gasteiger partial charge in [0.1, 0.15) is 0 Å². The largest absolute Gasteiger partial charge is 0.361 e. The van der Waals surface area contributed by atoms with Crippen molar-refractivity contribution in [3.05, 3.63) is 78.3 Å². The molecule has 0 bridgehead atoms. The molecule has 1 N–H and O–H groups in total. The van der Waals surface area contributed by atoms with Crippen LogP contribution in [0, 0.1) is 6.42 Å². The van der Waals surface area contributed by atoms with Gasteiger partial charge in [-0.2, -0.15) is 0 Å². The smallest absolute Gasteiger partial charge is 0.0456 e. The van der Waals surface area contributed by atoms with E-state index in [9.17, 15) is 0 Å². The number of aromatic nitrogens is 1. The van der Waals surface area contributed by atoms with Crippen LogP contribution in [-0.4, -0.2) is 4.98 Å². The molecule has 17 heavy (non-hydrogen) atoms. The van der Waals surface area contributed by atoms with Crippen LogP contribution in [0.4, 0.5) is 0 Å². The molecule has 3 aromatic rings. The van der Waals surface area contributed by atoms with Crippen LogP contribution < -0.4 is 0 Å². The molecular formula is C16H14N. The number of hydrogen-bond donors (Lipinski definition) is 1. The first-order valence-electron chi connectivity index (χ1n) is 5.87. The molecule has 1 heterocycles. The summed E-state index contributed by atoms with van der Waals surface area (Å²) in [4.78, 5) is 3.30. The van der Waals surface area contributed by atoms with Crippen molar-refractivity contribution >= 4 is 10.9 Å². The van der Waals surface area contributed by atoms with Crippen molar-refractivity contribution in [2.24, 2.45) is 0 Å². The fraction of sp³-hybridized carbons (Fsp3) is 0.0625. The number of benzene rings is 2. The van der Waals surface area contributed by atoms with Gasteiger partial charge in [0.15, 0.2) is 0 Å². The average Bonchev–Trinajstić information content (AvgIpc) is 2.81. The topological polar surface area (TPSA) is 15.8 Å². The minimum atomic E-state index is 0.966. The average molecular weight is 220 g/mol. The standard InChI is InChI=1S/C16H14N/c1-2-6-13(7-3-1)10-11-14-12-17-16-9-5-4-8-15(14)16/h1-10,12,17H,11H2. The predicted molar refractivity (Wildman–Crippen MR) is 71.8 cm³/mol. The second kappa shape index (κ2) is 4.46. The van der Waals surface area contributed by atoms with Crippen LogP contribution >= 0.6 is 0 Å². The van der Waals surface area contributed by atoms with Crippen LogP contribution in [0.3, 0.4) is 0 Å². The van der Waals surface area contributed by atoms with E-state index < -0.39 is 0 Å². The summed E-state index contributed by atoms with van der Waals surface area (Å²) in [6, 6.07) is 18.9. The fourth-order valence-corrected chi connectivity index (χ4v) is 2.12. The summed E-state index contributed by atoms with van der Waals surface area (Å²) in [7, 11) is 0. The van der Waals surface area contributed by atoms with Gasteiger partial charge in [0.2, 0.25) is 0 Å². The lowest BCUT2D eigenvalue weighted by Gasteiger charge is -2.00. The van der Waals surface area contributed by atoms with Gasteiger partial charge in [-0.1, -0.05) is 48.5 Å². The van der Waals surface area contributed by atoms with Gasteiger partial charge in [-0.25, -0.2) is 0 Å². The Morgan fingerprint density at radius 1 is 0.882 bits per heavy atom. The van der Waals surface area contributed by atoms with E-state index in [1.165, 1.54) is 22.0 Å². The Labute approximate surface area is 101 Å². The summed E-state index contributed by atoms with van der Waals surface area (Å²) in [6.07, 6.45) is 5.33. The molecule has 0 spiro atoms. The number of para-hydroxylation sites is 1. The summed E-state index contributed by atoms with van der Waals surface area (Å²) in [5, 5.41) is 1.32. The molecule has 0 atom stereocenters. The highest BCUT2D eigenvalue weighted by atomic mass is 14.7. The first-order chi connectivity index (χ1) is 8.43. The lowest BCUT2D eigenvalue weighted by molar-refractivity contribution is 1.18. The molecule has 1 nitrogen and oxygen atoms in total. The lowest BCUT2D eigenvalue weighted by atomic mass is 10.0. The van der Waals surface area contributed by atoms with E-state index >= 15 is 0 Å².